The van der Waals surface area contributed by atoms with E-state index in [2.05, 4.69) is 0 Å². The summed E-state index contributed by atoms with van der Waals surface area (Å²) in [6.45, 7) is 3.25. The first-order valence-electron chi connectivity index (χ1n) is 12.2. The van der Waals surface area contributed by atoms with E-state index in [0.29, 0.717) is 22.7 Å². The molecule has 7 heteroatoms. The second kappa shape index (κ2) is 8.55. The zero-order valence-electron chi connectivity index (χ0n) is 20.3. The average Bonchev–Trinajstić information content (AvgIpc) is 3.37. The van der Waals surface area contributed by atoms with Gasteiger partial charge >= 0.3 is 5.97 Å². The maximum Gasteiger partial charge on any atom is 0.308 e. The molecule has 2 amide bonds. The fourth-order valence-electron chi connectivity index (χ4n) is 5.84. The lowest BCUT2D eigenvalue weighted by molar-refractivity contribution is -0.132. The maximum absolute atomic E-state index is 14.1. The highest BCUT2D eigenvalue weighted by molar-refractivity contribution is 6.25. The number of fused-ring (bicyclic) bond motifs is 5. The van der Waals surface area contributed by atoms with Crippen LogP contribution < -0.4 is 14.5 Å². The van der Waals surface area contributed by atoms with Gasteiger partial charge in [0.15, 0.2) is 11.5 Å². The Balaban J connectivity index is 1.52. The fourth-order valence-corrected chi connectivity index (χ4v) is 5.84. The lowest BCUT2D eigenvalue weighted by atomic mass is 9.86. The molecule has 0 aromatic heterocycles. The summed E-state index contributed by atoms with van der Waals surface area (Å²) in [6, 6.07) is 19.8. The number of Topliss-reactive ketones (excluding diaryl/α,β-unsaturated/α-hetero) is 1. The van der Waals surface area contributed by atoms with Crippen LogP contribution in [-0.2, 0) is 14.4 Å². The number of esters is 1. The highest BCUT2D eigenvalue weighted by Gasteiger charge is 2.64. The molecule has 2 saturated heterocycles. The first-order valence-corrected chi connectivity index (χ1v) is 12.2. The minimum atomic E-state index is -0.954. The topological polar surface area (TPSA) is 84.0 Å². The summed E-state index contributed by atoms with van der Waals surface area (Å²) in [5.74, 6) is -2.86. The van der Waals surface area contributed by atoms with Crippen molar-refractivity contribution >= 4 is 41.0 Å². The van der Waals surface area contributed by atoms with Crippen LogP contribution in [0.3, 0.4) is 0 Å². The third kappa shape index (κ3) is 3.49. The van der Waals surface area contributed by atoms with Crippen molar-refractivity contribution in [2.24, 2.45) is 11.8 Å². The fraction of sp³-hybridized carbons (Fsp3) is 0.200. The van der Waals surface area contributed by atoms with Crippen LogP contribution in [0.25, 0.3) is 6.08 Å². The lowest BCUT2D eigenvalue weighted by Crippen LogP contribution is -2.49. The van der Waals surface area contributed by atoms with Crippen molar-refractivity contribution in [1.82, 2.24) is 0 Å². The van der Waals surface area contributed by atoms with E-state index in [0.717, 1.165) is 11.1 Å². The molecular formula is C30H24N2O5. The van der Waals surface area contributed by atoms with Gasteiger partial charge in [-0.15, -0.1) is 0 Å². The van der Waals surface area contributed by atoms with E-state index in [4.69, 9.17) is 4.74 Å². The Bertz CT molecular complexity index is 1480. The third-order valence-corrected chi connectivity index (χ3v) is 7.36. The molecule has 0 bridgehead atoms. The molecule has 0 radical (unpaired) electrons. The number of carbonyl (C=O) groups is 4. The molecule has 2 fully saturated rings. The summed E-state index contributed by atoms with van der Waals surface area (Å²) in [5, 5.41) is 0. The Morgan fingerprint density at radius 3 is 2.24 bits per heavy atom. The monoisotopic (exact) mass is 492 g/mol. The Hall–Kier alpha value is -4.52. The van der Waals surface area contributed by atoms with Gasteiger partial charge < -0.3 is 9.64 Å². The summed E-state index contributed by atoms with van der Waals surface area (Å²) in [4.78, 5) is 56.9. The molecule has 3 heterocycles. The van der Waals surface area contributed by atoms with Crippen LogP contribution in [0.2, 0.25) is 0 Å². The van der Waals surface area contributed by atoms with E-state index in [1.54, 1.807) is 48.5 Å². The lowest BCUT2D eigenvalue weighted by Gasteiger charge is -2.37. The molecule has 0 saturated carbocycles. The molecule has 37 heavy (non-hydrogen) atoms. The van der Waals surface area contributed by atoms with E-state index >= 15 is 0 Å². The summed E-state index contributed by atoms with van der Waals surface area (Å²) in [6.07, 6.45) is 3.74. The number of nitrogens with zero attached hydrogens (tertiary/aromatic N) is 2. The predicted molar refractivity (Wildman–Crippen MR) is 138 cm³/mol. The van der Waals surface area contributed by atoms with Gasteiger partial charge in [0.1, 0.15) is 6.04 Å². The van der Waals surface area contributed by atoms with Crippen LogP contribution in [0, 0.1) is 18.8 Å². The van der Waals surface area contributed by atoms with Crippen molar-refractivity contribution in [3.05, 3.63) is 95.6 Å². The van der Waals surface area contributed by atoms with Crippen molar-refractivity contribution < 1.29 is 23.9 Å². The second-order valence-electron chi connectivity index (χ2n) is 9.62. The number of rotatable bonds is 4. The molecular weight excluding hydrogens is 468 g/mol. The average molecular weight is 493 g/mol. The Morgan fingerprint density at radius 2 is 1.54 bits per heavy atom. The van der Waals surface area contributed by atoms with Gasteiger partial charge in [-0.25, -0.2) is 4.90 Å². The van der Waals surface area contributed by atoms with Crippen molar-refractivity contribution in [2.45, 2.75) is 25.9 Å². The van der Waals surface area contributed by atoms with E-state index in [1.807, 2.05) is 48.2 Å². The smallest absolute Gasteiger partial charge is 0.308 e. The first kappa shape index (κ1) is 22.9. The summed E-state index contributed by atoms with van der Waals surface area (Å²) >= 11 is 0. The molecule has 7 nitrogen and oxygen atoms in total. The zero-order valence-corrected chi connectivity index (χ0v) is 20.3. The standard InChI is InChI=1S/C30H24N2O5/c1-17-11-14-21(15-12-17)31-29(35)24-22-16-13-19-9-6-10-23(37-18(2)33)26(19)32(22)27(25(24)30(31)36)28(34)20-7-4-3-5-8-20/h3-16,22,24-25,27H,1-2H3/t22-,24+,25-,27+/m1/s1. The van der Waals surface area contributed by atoms with E-state index in [1.165, 1.54) is 11.8 Å². The van der Waals surface area contributed by atoms with E-state index in [9.17, 15) is 19.2 Å². The number of benzene rings is 3. The number of hydrogen-bond donors (Lipinski definition) is 0. The molecule has 0 unspecified atom stereocenters. The molecule has 3 aromatic rings. The summed E-state index contributed by atoms with van der Waals surface area (Å²) in [7, 11) is 0. The van der Waals surface area contributed by atoms with Gasteiger partial charge in [0, 0.05) is 18.1 Å². The Morgan fingerprint density at radius 1 is 0.838 bits per heavy atom. The molecule has 6 rings (SSSR count). The second-order valence-corrected chi connectivity index (χ2v) is 9.62. The maximum atomic E-state index is 14.1. The summed E-state index contributed by atoms with van der Waals surface area (Å²) in [5.41, 5.74) is 3.24. The quantitative estimate of drug-likeness (QED) is 0.235. The van der Waals surface area contributed by atoms with Gasteiger partial charge in [0.05, 0.1) is 29.3 Å². The Kier molecular flexibility index (Phi) is 5.30. The SMILES string of the molecule is CC(=O)Oc1cccc2c1N1[C@H](C=C2)[C@@H]2C(=O)N(c3ccc(C)cc3)C(=O)[C@H]2[C@H]1C(=O)c1ccccc1. The zero-order chi connectivity index (χ0) is 25.8. The van der Waals surface area contributed by atoms with Gasteiger partial charge in [-0.2, -0.15) is 0 Å². The van der Waals surface area contributed by atoms with Crippen LogP contribution in [0.15, 0.2) is 78.9 Å². The van der Waals surface area contributed by atoms with Crippen molar-refractivity contribution in [2.75, 3.05) is 9.80 Å². The molecule has 0 spiro atoms. The van der Waals surface area contributed by atoms with Crippen LogP contribution in [0.5, 0.6) is 5.75 Å². The van der Waals surface area contributed by atoms with Gasteiger partial charge in [-0.05, 0) is 25.1 Å². The third-order valence-electron chi connectivity index (χ3n) is 7.36. The van der Waals surface area contributed by atoms with Crippen LogP contribution in [0.1, 0.15) is 28.4 Å². The number of ketones is 1. The number of ether oxygens (including phenoxy) is 1. The molecule has 0 N–H and O–H groups in total. The number of imide groups is 1. The molecule has 4 atom stereocenters. The van der Waals surface area contributed by atoms with Crippen LogP contribution >= 0.6 is 0 Å². The van der Waals surface area contributed by atoms with E-state index < -0.39 is 35.8 Å². The minimum Gasteiger partial charge on any atom is -0.424 e. The van der Waals surface area contributed by atoms with Crippen molar-refractivity contribution in [3.8, 4) is 5.75 Å². The summed E-state index contributed by atoms with van der Waals surface area (Å²) < 4.78 is 5.53. The normalized spacial score (nSPS) is 23.5. The van der Waals surface area contributed by atoms with E-state index in [-0.39, 0.29) is 11.7 Å². The molecule has 3 aliphatic rings. The van der Waals surface area contributed by atoms with Crippen LogP contribution in [-0.4, -0.2) is 35.7 Å². The Labute approximate surface area is 213 Å². The number of amides is 2. The largest absolute Gasteiger partial charge is 0.424 e. The predicted octanol–water partition coefficient (Wildman–Crippen LogP) is 4.19. The highest BCUT2D eigenvalue weighted by Crippen LogP contribution is 2.52. The minimum absolute atomic E-state index is 0.260. The number of anilines is 2. The highest BCUT2D eigenvalue weighted by atomic mass is 16.5. The van der Waals surface area contributed by atoms with Crippen molar-refractivity contribution in [3.63, 3.8) is 0 Å². The number of hydrogen-bond acceptors (Lipinski definition) is 6. The molecule has 184 valence electrons. The van der Waals surface area contributed by atoms with Gasteiger partial charge in [-0.3, -0.25) is 19.2 Å². The van der Waals surface area contributed by atoms with Gasteiger partial charge in [0.2, 0.25) is 11.8 Å². The molecule has 0 aliphatic carbocycles. The molecule has 3 aliphatic heterocycles. The number of aryl methyl sites for hydroxylation is 1. The first-order chi connectivity index (χ1) is 17.9. The van der Waals surface area contributed by atoms with Crippen LogP contribution in [0.4, 0.5) is 11.4 Å². The van der Waals surface area contributed by atoms with Gasteiger partial charge in [-0.1, -0.05) is 72.3 Å². The number of carbonyl (C=O) groups excluding carboxylic acids is 4. The molecule has 3 aromatic carbocycles. The van der Waals surface area contributed by atoms with Gasteiger partial charge in [0.25, 0.3) is 0 Å². The number of para-hydroxylation sites is 1. The van der Waals surface area contributed by atoms with Crippen molar-refractivity contribution in [1.29, 1.82) is 0 Å².